The van der Waals surface area contributed by atoms with Gasteiger partial charge in [-0.25, -0.2) is 9.97 Å². The molecule has 0 N–H and O–H groups in total. The summed E-state index contributed by atoms with van der Waals surface area (Å²) >= 11 is 0. The van der Waals surface area contributed by atoms with Crippen molar-refractivity contribution in [2.24, 2.45) is 0 Å². The van der Waals surface area contributed by atoms with Crippen molar-refractivity contribution in [1.29, 1.82) is 0 Å². The van der Waals surface area contributed by atoms with E-state index < -0.39 is 0 Å². The van der Waals surface area contributed by atoms with Crippen LogP contribution in [0.2, 0.25) is 0 Å². The zero-order valence-corrected chi connectivity index (χ0v) is 11.8. The van der Waals surface area contributed by atoms with Crippen LogP contribution in [0.3, 0.4) is 0 Å². The van der Waals surface area contributed by atoms with E-state index >= 15 is 0 Å². The fraction of sp³-hybridized carbons (Fsp3) is 0. The van der Waals surface area contributed by atoms with E-state index in [1.54, 1.807) is 6.20 Å². The average Bonchev–Trinajstić information content (AvgIpc) is 2.58. The minimum Gasteiger partial charge on any atom is -0.237 e. The Labute approximate surface area is 127 Å². The maximum Gasteiger partial charge on any atom is 0.159 e. The van der Waals surface area contributed by atoms with Crippen molar-refractivity contribution >= 4 is 43.5 Å². The van der Waals surface area contributed by atoms with E-state index in [0.717, 1.165) is 16.6 Å². The zero-order chi connectivity index (χ0) is 14.5. The molecule has 2 heteroatoms. The number of hydrogen-bond donors (Lipinski definition) is 0. The smallest absolute Gasteiger partial charge is 0.159 e. The lowest BCUT2D eigenvalue weighted by atomic mass is 10.00. The molecular formula is C20H12N2. The summed E-state index contributed by atoms with van der Waals surface area (Å²) in [7, 11) is 0. The van der Waals surface area contributed by atoms with E-state index in [0.29, 0.717) is 0 Å². The summed E-state index contributed by atoms with van der Waals surface area (Å²) in [6, 6.07) is 23.4. The molecule has 102 valence electrons. The second-order valence-electron chi connectivity index (χ2n) is 5.59. The highest BCUT2D eigenvalue weighted by atomic mass is 14.8. The Kier molecular flexibility index (Phi) is 2.25. The molecule has 5 rings (SSSR count). The van der Waals surface area contributed by atoms with Crippen molar-refractivity contribution in [3.63, 3.8) is 0 Å². The Hall–Kier alpha value is -3.00. The third kappa shape index (κ3) is 1.61. The van der Waals surface area contributed by atoms with Crippen LogP contribution >= 0.6 is 0 Å². The van der Waals surface area contributed by atoms with Gasteiger partial charge in [0.2, 0.25) is 0 Å². The van der Waals surface area contributed by atoms with Gasteiger partial charge < -0.3 is 0 Å². The van der Waals surface area contributed by atoms with Gasteiger partial charge in [0.15, 0.2) is 5.65 Å². The molecule has 2 nitrogen and oxygen atoms in total. The Morgan fingerprint density at radius 3 is 2.27 bits per heavy atom. The number of pyridine rings is 2. The van der Waals surface area contributed by atoms with Crippen molar-refractivity contribution in [2.75, 3.05) is 0 Å². The highest BCUT2D eigenvalue weighted by Gasteiger charge is 2.06. The minimum absolute atomic E-state index is 0.801. The molecule has 0 bridgehead atoms. The van der Waals surface area contributed by atoms with Gasteiger partial charge in [-0.3, -0.25) is 0 Å². The van der Waals surface area contributed by atoms with Crippen LogP contribution in [0.5, 0.6) is 0 Å². The molecule has 0 radical (unpaired) electrons. The van der Waals surface area contributed by atoms with E-state index in [-0.39, 0.29) is 0 Å². The first-order chi connectivity index (χ1) is 10.9. The first kappa shape index (κ1) is 11.6. The monoisotopic (exact) mass is 280 g/mol. The topological polar surface area (TPSA) is 25.8 Å². The molecule has 3 aromatic carbocycles. The van der Waals surface area contributed by atoms with Crippen molar-refractivity contribution in [1.82, 2.24) is 9.97 Å². The molecule has 0 spiro atoms. The van der Waals surface area contributed by atoms with Crippen molar-refractivity contribution < 1.29 is 0 Å². The Morgan fingerprint density at radius 2 is 1.36 bits per heavy atom. The van der Waals surface area contributed by atoms with Gasteiger partial charge in [0.05, 0.1) is 5.52 Å². The van der Waals surface area contributed by atoms with Gasteiger partial charge >= 0.3 is 0 Å². The molecule has 0 atom stereocenters. The largest absolute Gasteiger partial charge is 0.237 e. The molecular weight excluding hydrogens is 268 g/mol. The SMILES string of the molecule is c1ccc2cc3c(ccc4nc5ncccc5cc43)cc2c1. The first-order valence-electron chi connectivity index (χ1n) is 7.35. The molecule has 0 saturated carbocycles. The number of aromatic nitrogens is 2. The Balaban J connectivity index is 2.00. The lowest BCUT2D eigenvalue weighted by Gasteiger charge is -2.07. The lowest BCUT2D eigenvalue weighted by molar-refractivity contribution is 1.33. The molecule has 0 aliphatic heterocycles. The van der Waals surface area contributed by atoms with Crippen LogP contribution < -0.4 is 0 Å². The predicted octanol–water partition coefficient (Wildman–Crippen LogP) is 5.09. The van der Waals surface area contributed by atoms with E-state index in [2.05, 4.69) is 65.6 Å². The maximum absolute atomic E-state index is 4.70. The van der Waals surface area contributed by atoms with Crippen LogP contribution in [0.15, 0.2) is 72.9 Å². The first-order valence-corrected chi connectivity index (χ1v) is 7.35. The fourth-order valence-electron chi connectivity index (χ4n) is 3.16. The summed E-state index contributed by atoms with van der Waals surface area (Å²) in [5.41, 5.74) is 1.80. The van der Waals surface area contributed by atoms with Gasteiger partial charge in [0.1, 0.15) is 0 Å². The van der Waals surface area contributed by atoms with Crippen LogP contribution in [0.25, 0.3) is 43.5 Å². The Bertz CT molecular complexity index is 1080. The summed E-state index contributed by atoms with van der Waals surface area (Å²) in [4.78, 5) is 9.05. The molecule has 0 unspecified atom stereocenters. The third-order valence-electron chi connectivity index (χ3n) is 4.25. The Morgan fingerprint density at radius 1 is 0.591 bits per heavy atom. The standard InChI is InChI=1S/C20H12N2/c1-2-5-14-11-17-15(10-13(14)4-1)7-8-19-18(17)12-16-6-3-9-21-20(16)22-19/h1-12H. The second-order valence-corrected chi connectivity index (χ2v) is 5.59. The van der Waals surface area contributed by atoms with Gasteiger partial charge in [-0.2, -0.15) is 0 Å². The summed E-state index contributed by atoms with van der Waals surface area (Å²) < 4.78 is 0. The van der Waals surface area contributed by atoms with E-state index in [1.807, 2.05) is 6.07 Å². The molecule has 2 aromatic heterocycles. The number of rotatable bonds is 0. The third-order valence-corrected chi connectivity index (χ3v) is 4.25. The molecule has 0 fully saturated rings. The highest BCUT2D eigenvalue weighted by molar-refractivity contribution is 6.13. The summed E-state index contributed by atoms with van der Waals surface area (Å²) in [6.07, 6.45) is 1.79. The highest BCUT2D eigenvalue weighted by Crippen LogP contribution is 2.30. The van der Waals surface area contributed by atoms with Gasteiger partial charge in [-0.05, 0) is 57.9 Å². The minimum atomic E-state index is 0.801. The van der Waals surface area contributed by atoms with Crippen LogP contribution in [-0.4, -0.2) is 9.97 Å². The van der Waals surface area contributed by atoms with Gasteiger partial charge in [0, 0.05) is 17.0 Å². The van der Waals surface area contributed by atoms with Gasteiger partial charge in [-0.1, -0.05) is 30.3 Å². The van der Waals surface area contributed by atoms with Gasteiger partial charge in [-0.15, -0.1) is 0 Å². The molecule has 5 aromatic rings. The molecule has 0 saturated heterocycles. The lowest BCUT2D eigenvalue weighted by Crippen LogP contribution is -1.86. The van der Waals surface area contributed by atoms with Crippen LogP contribution in [0, 0.1) is 0 Å². The maximum atomic E-state index is 4.70. The summed E-state index contributed by atoms with van der Waals surface area (Å²) in [6.45, 7) is 0. The normalized spacial score (nSPS) is 11.6. The van der Waals surface area contributed by atoms with Crippen LogP contribution in [-0.2, 0) is 0 Å². The van der Waals surface area contributed by atoms with Crippen LogP contribution in [0.1, 0.15) is 0 Å². The number of fused-ring (bicyclic) bond motifs is 5. The predicted molar refractivity (Wildman–Crippen MR) is 92.1 cm³/mol. The van der Waals surface area contributed by atoms with E-state index in [4.69, 9.17) is 4.98 Å². The van der Waals surface area contributed by atoms with Crippen molar-refractivity contribution in [2.45, 2.75) is 0 Å². The van der Waals surface area contributed by atoms with E-state index in [1.165, 1.54) is 26.9 Å². The molecule has 2 heterocycles. The summed E-state index contributed by atoms with van der Waals surface area (Å²) in [5.74, 6) is 0. The number of nitrogens with zero attached hydrogens (tertiary/aromatic N) is 2. The average molecular weight is 280 g/mol. The van der Waals surface area contributed by atoms with Crippen molar-refractivity contribution in [3.05, 3.63) is 72.9 Å². The quantitative estimate of drug-likeness (QED) is 0.292. The fourth-order valence-corrected chi connectivity index (χ4v) is 3.16. The summed E-state index contributed by atoms with van der Waals surface area (Å²) in [5, 5.41) is 7.28. The number of benzene rings is 3. The van der Waals surface area contributed by atoms with Crippen molar-refractivity contribution in [3.8, 4) is 0 Å². The van der Waals surface area contributed by atoms with Gasteiger partial charge in [0.25, 0.3) is 0 Å². The van der Waals surface area contributed by atoms with Crippen LogP contribution in [0.4, 0.5) is 0 Å². The molecule has 22 heavy (non-hydrogen) atoms. The molecule has 0 amide bonds. The van der Waals surface area contributed by atoms with E-state index in [9.17, 15) is 0 Å². The molecule has 0 aliphatic rings. The number of hydrogen-bond acceptors (Lipinski definition) is 2. The zero-order valence-electron chi connectivity index (χ0n) is 11.8. The second kappa shape index (κ2) is 4.25. The molecule has 0 aliphatic carbocycles.